The van der Waals surface area contributed by atoms with Crippen LogP contribution < -0.4 is 5.32 Å². The monoisotopic (exact) mass is 282 g/mol. The van der Waals surface area contributed by atoms with Gasteiger partial charge in [-0.3, -0.25) is 0 Å². The highest BCUT2D eigenvalue weighted by Crippen LogP contribution is 2.24. The van der Waals surface area contributed by atoms with E-state index in [4.69, 9.17) is 4.42 Å². The number of benzene rings is 2. The molecular weight excluding hydrogens is 264 g/mol. The molecule has 0 atom stereocenters. The fourth-order valence-electron chi connectivity index (χ4n) is 2.12. The van der Waals surface area contributed by atoms with E-state index in [9.17, 15) is 5.11 Å². The van der Waals surface area contributed by atoms with Crippen LogP contribution in [-0.4, -0.2) is 10.1 Å². The van der Waals surface area contributed by atoms with Gasteiger partial charge in [-0.15, -0.1) is 0 Å². The van der Waals surface area contributed by atoms with Crippen LogP contribution in [0.1, 0.15) is 31.2 Å². The van der Waals surface area contributed by atoms with Crippen molar-refractivity contribution >= 4 is 16.8 Å². The summed E-state index contributed by atoms with van der Waals surface area (Å²) in [6, 6.07) is 13.1. The number of hydrogen-bond donors (Lipinski definition) is 2. The van der Waals surface area contributed by atoms with E-state index in [2.05, 4.69) is 24.1 Å². The summed E-state index contributed by atoms with van der Waals surface area (Å²) in [5.74, 6) is 1.33. The second kappa shape index (κ2) is 5.48. The van der Waals surface area contributed by atoms with Gasteiger partial charge in [-0.2, -0.15) is 0 Å². The Balaban J connectivity index is 1.76. The third-order valence-corrected chi connectivity index (χ3v) is 3.33. The molecular formula is C17H18N2O2. The minimum absolute atomic E-state index is 0.281. The first kappa shape index (κ1) is 13.5. The van der Waals surface area contributed by atoms with Gasteiger partial charge in [0.15, 0.2) is 11.5 Å². The molecule has 0 aliphatic heterocycles. The standard InChI is InChI=1S/C17H18N2O2/c1-11(2)17-19-15-9-13(5-8-16(15)21-17)18-10-12-3-6-14(20)7-4-12/h3-9,11,18,20H,10H2,1-2H3. The van der Waals surface area contributed by atoms with Crippen LogP contribution in [0.5, 0.6) is 5.75 Å². The molecule has 1 aromatic heterocycles. The van der Waals surface area contributed by atoms with Crippen LogP contribution in [0.4, 0.5) is 5.69 Å². The lowest BCUT2D eigenvalue weighted by molar-refractivity contribution is 0.475. The highest BCUT2D eigenvalue weighted by Gasteiger charge is 2.09. The molecule has 2 N–H and O–H groups in total. The number of fused-ring (bicyclic) bond motifs is 1. The van der Waals surface area contributed by atoms with Gasteiger partial charge in [0.25, 0.3) is 0 Å². The Bertz CT molecular complexity index is 745. The molecule has 108 valence electrons. The first-order chi connectivity index (χ1) is 10.1. The van der Waals surface area contributed by atoms with Gasteiger partial charge < -0.3 is 14.8 Å². The molecule has 0 radical (unpaired) electrons. The normalized spacial score (nSPS) is 11.2. The molecule has 4 heteroatoms. The van der Waals surface area contributed by atoms with Crippen molar-refractivity contribution < 1.29 is 9.52 Å². The van der Waals surface area contributed by atoms with Gasteiger partial charge >= 0.3 is 0 Å². The molecule has 0 saturated carbocycles. The Labute approximate surface area is 123 Å². The summed E-state index contributed by atoms with van der Waals surface area (Å²) in [7, 11) is 0. The molecule has 4 nitrogen and oxygen atoms in total. The minimum Gasteiger partial charge on any atom is -0.508 e. The molecule has 0 unspecified atom stereocenters. The van der Waals surface area contributed by atoms with Crippen molar-refractivity contribution in [1.82, 2.24) is 4.98 Å². The number of phenolic OH excluding ortho intramolecular Hbond substituents is 1. The van der Waals surface area contributed by atoms with Gasteiger partial charge in [0.2, 0.25) is 0 Å². The molecule has 3 rings (SSSR count). The van der Waals surface area contributed by atoms with E-state index in [-0.39, 0.29) is 11.7 Å². The zero-order valence-electron chi connectivity index (χ0n) is 12.1. The van der Waals surface area contributed by atoms with Gasteiger partial charge in [0.05, 0.1) is 0 Å². The number of nitrogens with zero attached hydrogens (tertiary/aromatic N) is 1. The highest BCUT2D eigenvalue weighted by molar-refractivity contribution is 5.77. The Hall–Kier alpha value is -2.49. The van der Waals surface area contributed by atoms with Gasteiger partial charge in [0, 0.05) is 18.2 Å². The van der Waals surface area contributed by atoms with E-state index >= 15 is 0 Å². The molecule has 0 aliphatic rings. The summed E-state index contributed by atoms with van der Waals surface area (Å²) in [5.41, 5.74) is 3.79. The molecule has 0 saturated heterocycles. The van der Waals surface area contributed by atoms with Gasteiger partial charge in [-0.25, -0.2) is 4.98 Å². The molecule has 0 bridgehead atoms. The van der Waals surface area contributed by atoms with Crippen molar-refractivity contribution in [2.24, 2.45) is 0 Å². The maximum absolute atomic E-state index is 9.27. The summed E-state index contributed by atoms with van der Waals surface area (Å²) in [5, 5.41) is 12.6. The fourth-order valence-corrected chi connectivity index (χ4v) is 2.12. The van der Waals surface area contributed by atoms with Crippen molar-refractivity contribution in [2.45, 2.75) is 26.3 Å². The molecule has 1 heterocycles. The molecule has 21 heavy (non-hydrogen) atoms. The van der Waals surface area contributed by atoms with Crippen molar-refractivity contribution in [1.29, 1.82) is 0 Å². The summed E-state index contributed by atoms with van der Waals surface area (Å²) in [4.78, 5) is 4.50. The Morgan fingerprint density at radius 2 is 1.90 bits per heavy atom. The van der Waals surface area contributed by atoms with Crippen LogP contribution in [0.15, 0.2) is 46.9 Å². The lowest BCUT2D eigenvalue weighted by Crippen LogP contribution is -1.98. The smallest absolute Gasteiger partial charge is 0.198 e. The summed E-state index contributed by atoms with van der Waals surface area (Å²) in [6.07, 6.45) is 0. The number of nitrogens with one attached hydrogen (secondary N) is 1. The number of phenols is 1. The lowest BCUT2D eigenvalue weighted by Gasteiger charge is -2.06. The molecule has 0 aliphatic carbocycles. The second-order valence-electron chi connectivity index (χ2n) is 5.41. The van der Waals surface area contributed by atoms with Crippen LogP contribution in [0.25, 0.3) is 11.1 Å². The van der Waals surface area contributed by atoms with Crippen LogP contribution in [0.3, 0.4) is 0 Å². The third-order valence-electron chi connectivity index (χ3n) is 3.33. The van der Waals surface area contributed by atoms with E-state index in [0.29, 0.717) is 6.54 Å². The molecule has 2 aromatic carbocycles. The summed E-state index contributed by atoms with van der Waals surface area (Å²) >= 11 is 0. The van der Waals surface area contributed by atoms with E-state index in [1.54, 1.807) is 12.1 Å². The Morgan fingerprint density at radius 3 is 2.62 bits per heavy atom. The SMILES string of the molecule is CC(C)c1nc2cc(NCc3ccc(O)cc3)ccc2o1. The summed E-state index contributed by atoms with van der Waals surface area (Å²) < 4.78 is 5.69. The van der Waals surface area contributed by atoms with Crippen LogP contribution in [0.2, 0.25) is 0 Å². The fraction of sp³-hybridized carbons (Fsp3) is 0.235. The average molecular weight is 282 g/mol. The van der Waals surface area contributed by atoms with Gasteiger partial charge in [0.1, 0.15) is 11.3 Å². The maximum Gasteiger partial charge on any atom is 0.198 e. The van der Waals surface area contributed by atoms with Crippen molar-refractivity contribution in [3.8, 4) is 5.75 Å². The van der Waals surface area contributed by atoms with Crippen molar-refractivity contribution in [3.05, 3.63) is 53.9 Å². The van der Waals surface area contributed by atoms with Crippen LogP contribution in [0, 0.1) is 0 Å². The van der Waals surface area contributed by atoms with Crippen LogP contribution in [-0.2, 0) is 6.54 Å². The third kappa shape index (κ3) is 2.99. The largest absolute Gasteiger partial charge is 0.508 e. The molecule has 0 amide bonds. The number of aromatic nitrogens is 1. The topological polar surface area (TPSA) is 58.3 Å². The molecule has 0 spiro atoms. The Morgan fingerprint density at radius 1 is 1.14 bits per heavy atom. The molecule has 0 fully saturated rings. The average Bonchev–Trinajstić information content (AvgIpc) is 2.90. The number of aromatic hydroxyl groups is 1. The predicted molar refractivity (Wildman–Crippen MR) is 83.5 cm³/mol. The number of rotatable bonds is 4. The predicted octanol–water partition coefficient (Wildman–Crippen LogP) is 4.27. The highest BCUT2D eigenvalue weighted by atomic mass is 16.3. The minimum atomic E-state index is 0.281. The number of hydrogen-bond acceptors (Lipinski definition) is 4. The zero-order valence-corrected chi connectivity index (χ0v) is 12.1. The van der Waals surface area contributed by atoms with Crippen molar-refractivity contribution in [2.75, 3.05) is 5.32 Å². The maximum atomic E-state index is 9.27. The molecule has 3 aromatic rings. The van der Waals surface area contributed by atoms with E-state index in [0.717, 1.165) is 28.2 Å². The van der Waals surface area contributed by atoms with E-state index in [1.807, 2.05) is 30.3 Å². The van der Waals surface area contributed by atoms with Crippen molar-refractivity contribution in [3.63, 3.8) is 0 Å². The zero-order chi connectivity index (χ0) is 14.8. The first-order valence-electron chi connectivity index (χ1n) is 7.04. The van der Waals surface area contributed by atoms with E-state index in [1.165, 1.54) is 0 Å². The number of oxazole rings is 1. The number of anilines is 1. The Kier molecular flexibility index (Phi) is 3.52. The van der Waals surface area contributed by atoms with Gasteiger partial charge in [-0.1, -0.05) is 26.0 Å². The van der Waals surface area contributed by atoms with E-state index < -0.39 is 0 Å². The second-order valence-corrected chi connectivity index (χ2v) is 5.41. The quantitative estimate of drug-likeness (QED) is 0.750. The van der Waals surface area contributed by atoms with Gasteiger partial charge in [-0.05, 0) is 35.9 Å². The summed E-state index contributed by atoms with van der Waals surface area (Å²) in [6.45, 7) is 4.82. The first-order valence-corrected chi connectivity index (χ1v) is 7.04. The lowest BCUT2D eigenvalue weighted by atomic mass is 10.2. The van der Waals surface area contributed by atoms with Crippen LogP contribution >= 0.6 is 0 Å².